The smallest absolute Gasteiger partial charge is 0.438 e. The number of rotatable bonds is 5. The second-order valence-corrected chi connectivity index (χ2v) is 8.65. The first kappa shape index (κ1) is 22.4. The van der Waals surface area contributed by atoms with Crippen molar-refractivity contribution in [1.82, 2.24) is 10.3 Å². The number of hydrogen-bond donors (Lipinski definition) is 2. The number of nitrogen functional groups attached to an aromatic ring is 1. The normalized spacial score (nSPS) is 11.2. The number of methoxy groups -OCH3 is 1. The van der Waals surface area contributed by atoms with Gasteiger partial charge in [-0.05, 0) is 53.3 Å². The van der Waals surface area contributed by atoms with Crippen molar-refractivity contribution in [3.63, 3.8) is 0 Å². The Balaban J connectivity index is 1.79. The maximum Gasteiger partial charge on any atom is 0.438 e. The van der Waals surface area contributed by atoms with Crippen molar-refractivity contribution in [2.45, 2.75) is 0 Å². The van der Waals surface area contributed by atoms with Crippen molar-refractivity contribution >= 4 is 33.0 Å². The number of H-pyrrole nitrogens is 1. The molecule has 3 aromatic heterocycles. The van der Waals surface area contributed by atoms with E-state index in [0.29, 0.717) is 32.8 Å². The van der Waals surface area contributed by atoms with Gasteiger partial charge < -0.3 is 10.5 Å². The fraction of sp³-hybridized carbons (Fsp3) is 0.0833. The van der Waals surface area contributed by atoms with E-state index < -0.39 is 23.0 Å². The molecule has 5 rings (SSSR count). The second kappa shape index (κ2) is 8.44. The molecule has 0 aliphatic rings. The van der Waals surface area contributed by atoms with Gasteiger partial charge in [0.05, 0.1) is 18.5 Å². The Morgan fingerprint density at radius 1 is 1.14 bits per heavy atom. The highest BCUT2D eigenvalue weighted by Gasteiger charge is 2.32. The number of aryl methyl sites for hydroxylation is 1. The van der Waals surface area contributed by atoms with E-state index in [1.165, 1.54) is 13.1 Å². The number of carbonyl (C=O) groups excluding carboxylic acids is 1. The maximum atomic E-state index is 14.9. The van der Waals surface area contributed by atoms with Crippen LogP contribution in [0.25, 0.3) is 32.6 Å². The van der Waals surface area contributed by atoms with Gasteiger partial charge in [-0.25, -0.2) is 18.6 Å². The van der Waals surface area contributed by atoms with Gasteiger partial charge in [0.25, 0.3) is 5.78 Å². The number of carbonyl (C=O) groups is 1. The summed E-state index contributed by atoms with van der Waals surface area (Å²) >= 11 is 0.967. The third kappa shape index (κ3) is 3.75. The molecule has 11 heteroatoms. The minimum absolute atomic E-state index is 0.0307. The van der Waals surface area contributed by atoms with Crippen molar-refractivity contribution in [2.24, 2.45) is 7.05 Å². The monoisotopic (exact) mass is 495 g/mol. The Bertz CT molecular complexity index is 1670. The Kier molecular flexibility index (Phi) is 5.40. The zero-order valence-electron chi connectivity index (χ0n) is 18.4. The summed E-state index contributed by atoms with van der Waals surface area (Å²) in [6, 6.07) is 11.9. The standard InChI is InChI=1S/C24H16F2N4O4S/c1-30-20(24(32)34-29-30)21(31)22-19(27)18-15(14-8-5-12(25)9-16(14)26)10-17(28-23(18)35-22)11-3-6-13(33-2)7-4-11/h3-10H,1-2H3,(H2-,27,29,31,32)/p+1. The van der Waals surface area contributed by atoms with Gasteiger partial charge in [0, 0.05) is 22.6 Å². The minimum atomic E-state index is -0.856. The molecule has 0 amide bonds. The lowest BCUT2D eigenvalue weighted by atomic mass is 9.98. The number of fused-ring (bicyclic) bond motifs is 1. The number of anilines is 1. The van der Waals surface area contributed by atoms with Crippen molar-refractivity contribution in [2.75, 3.05) is 12.8 Å². The van der Waals surface area contributed by atoms with E-state index in [-0.39, 0.29) is 21.8 Å². The van der Waals surface area contributed by atoms with Crippen LogP contribution in [0.1, 0.15) is 15.4 Å². The van der Waals surface area contributed by atoms with Crippen LogP contribution in [0.4, 0.5) is 14.5 Å². The summed E-state index contributed by atoms with van der Waals surface area (Å²) in [5.74, 6) is -1.55. The zero-order valence-corrected chi connectivity index (χ0v) is 19.2. The summed E-state index contributed by atoms with van der Waals surface area (Å²) in [6.45, 7) is 0. The summed E-state index contributed by atoms with van der Waals surface area (Å²) in [7, 11) is 2.99. The van der Waals surface area contributed by atoms with Crippen molar-refractivity contribution < 1.29 is 27.5 Å². The van der Waals surface area contributed by atoms with E-state index >= 15 is 0 Å². The molecule has 5 aromatic rings. The molecule has 0 aliphatic heterocycles. The summed E-state index contributed by atoms with van der Waals surface area (Å²) < 4.78 is 39.5. The van der Waals surface area contributed by atoms with Crippen LogP contribution in [0.3, 0.4) is 0 Å². The number of ether oxygens (including phenoxy) is 1. The number of halogens is 2. The van der Waals surface area contributed by atoms with Gasteiger partial charge in [0.2, 0.25) is 0 Å². The predicted molar refractivity (Wildman–Crippen MR) is 125 cm³/mol. The van der Waals surface area contributed by atoms with E-state index in [1.807, 2.05) is 0 Å². The van der Waals surface area contributed by atoms with Gasteiger partial charge in [-0.15, -0.1) is 11.3 Å². The molecule has 2 aromatic carbocycles. The van der Waals surface area contributed by atoms with Crippen molar-refractivity contribution in [1.29, 1.82) is 0 Å². The number of thiophene rings is 1. The molecule has 0 saturated heterocycles. The average molecular weight is 495 g/mol. The predicted octanol–water partition coefficient (Wildman–Crippen LogP) is 3.84. The average Bonchev–Trinajstić information content (AvgIpc) is 3.36. The van der Waals surface area contributed by atoms with Crippen LogP contribution in [0.2, 0.25) is 0 Å². The molecule has 0 aliphatic carbocycles. The molecule has 35 heavy (non-hydrogen) atoms. The molecule has 0 saturated carbocycles. The van der Waals surface area contributed by atoms with Gasteiger partial charge in [-0.2, -0.15) is 0 Å². The fourth-order valence-electron chi connectivity index (χ4n) is 3.81. The van der Waals surface area contributed by atoms with Gasteiger partial charge in [-0.1, -0.05) is 4.68 Å². The number of aromatic amines is 1. The molecule has 0 unspecified atom stereocenters. The lowest BCUT2D eigenvalue weighted by molar-refractivity contribution is -0.741. The molecule has 0 atom stereocenters. The van der Waals surface area contributed by atoms with E-state index in [4.69, 9.17) is 10.5 Å². The van der Waals surface area contributed by atoms with Gasteiger partial charge in [0.1, 0.15) is 27.1 Å². The number of pyridine rings is 1. The number of aromatic nitrogens is 3. The van der Waals surface area contributed by atoms with Crippen LogP contribution in [0.15, 0.2) is 57.8 Å². The summed E-state index contributed by atoms with van der Waals surface area (Å²) in [5, 5.41) is 2.61. The van der Waals surface area contributed by atoms with Crippen molar-refractivity contribution in [3.8, 4) is 28.1 Å². The van der Waals surface area contributed by atoms with Crippen LogP contribution in [-0.4, -0.2) is 23.1 Å². The fourth-order valence-corrected chi connectivity index (χ4v) is 4.87. The number of ketones is 1. The van der Waals surface area contributed by atoms with Crippen LogP contribution in [0, 0.1) is 11.6 Å². The van der Waals surface area contributed by atoms with E-state index in [0.717, 1.165) is 28.2 Å². The number of nitrogens with zero attached hydrogens (tertiary/aromatic N) is 2. The zero-order chi connectivity index (χ0) is 24.9. The first-order chi connectivity index (χ1) is 16.8. The molecule has 0 bridgehead atoms. The number of nitrogens with two attached hydrogens (primary N) is 1. The number of nitrogens with one attached hydrogen (secondary N) is 1. The molecule has 0 radical (unpaired) electrons. The minimum Gasteiger partial charge on any atom is -0.497 e. The highest BCUT2D eigenvalue weighted by Crippen LogP contribution is 2.42. The molecule has 3 N–H and O–H groups in total. The highest BCUT2D eigenvalue weighted by atomic mass is 32.1. The van der Waals surface area contributed by atoms with Crippen LogP contribution in [-0.2, 0) is 7.05 Å². The van der Waals surface area contributed by atoms with E-state index in [1.54, 1.807) is 37.4 Å². The Morgan fingerprint density at radius 2 is 1.89 bits per heavy atom. The second-order valence-electron chi connectivity index (χ2n) is 7.65. The van der Waals surface area contributed by atoms with Crippen molar-refractivity contribution in [3.05, 3.63) is 81.2 Å². The topological polar surface area (TPSA) is 115 Å². The highest BCUT2D eigenvalue weighted by molar-refractivity contribution is 7.21. The molecular weight excluding hydrogens is 478 g/mol. The third-order valence-electron chi connectivity index (χ3n) is 5.53. The molecule has 0 spiro atoms. The van der Waals surface area contributed by atoms with Gasteiger partial charge in [-0.3, -0.25) is 9.32 Å². The van der Waals surface area contributed by atoms with Gasteiger partial charge in [0.15, 0.2) is 7.05 Å². The lowest BCUT2D eigenvalue weighted by Crippen LogP contribution is -2.39. The molecule has 176 valence electrons. The van der Waals surface area contributed by atoms with Gasteiger partial charge >= 0.3 is 11.3 Å². The van der Waals surface area contributed by atoms with Crippen LogP contribution >= 0.6 is 11.3 Å². The summed E-state index contributed by atoms with van der Waals surface area (Å²) in [4.78, 5) is 30.3. The molecule has 3 heterocycles. The number of benzene rings is 2. The Hall–Kier alpha value is -4.38. The van der Waals surface area contributed by atoms with E-state index in [2.05, 4.69) is 14.8 Å². The van der Waals surface area contributed by atoms with Crippen LogP contribution < -0.4 is 20.8 Å². The maximum absolute atomic E-state index is 14.9. The first-order valence-electron chi connectivity index (χ1n) is 10.2. The summed E-state index contributed by atoms with van der Waals surface area (Å²) in [6.07, 6.45) is 0. The van der Waals surface area contributed by atoms with Crippen LogP contribution in [0.5, 0.6) is 5.75 Å². The lowest BCUT2D eigenvalue weighted by Gasteiger charge is -2.10. The molecule has 8 nitrogen and oxygen atoms in total. The molecule has 0 fully saturated rings. The Labute approximate surface area is 200 Å². The Morgan fingerprint density at radius 3 is 2.51 bits per heavy atom. The molecular formula is C24H17F2N4O4S+. The SMILES string of the molecule is COc1ccc(-c2cc(-c3ccc(F)cc3F)c3c(N)c(C(=O)c4c(=O)o[nH][n+]4C)sc3n2)cc1. The first-order valence-corrected chi connectivity index (χ1v) is 11.0. The summed E-state index contributed by atoms with van der Waals surface area (Å²) in [5.41, 5.74) is 6.89. The quantitative estimate of drug-likeness (QED) is 0.283. The third-order valence-corrected chi connectivity index (χ3v) is 6.63. The van der Waals surface area contributed by atoms with E-state index in [9.17, 15) is 18.4 Å². The number of hydrogen-bond acceptors (Lipinski definition) is 7. The largest absolute Gasteiger partial charge is 0.497 e.